The van der Waals surface area contributed by atoms with E-state index in [0.29, 0.717) is 5.82 Å². The third kappa shape index (κ3) is 4.46. The van der Waals surface area contributed by atoms with Gasteiger partial charge in [-0.3, -0.25) is 4.79 Å². The second-order valence-corrected chi connectivity index (χ2v) is 5.00. The molecule has 0 radical (unpaired) electrons. The molecule has 1 aromatic heterocycles. The molecule has 1 heterocycles. The van der Waals surface area contributed by atoms with Crippen molar-refractivity contribution in [2.45, 2.75) is 56.7 Å². The van der Waals surface area contributed by atoms with Crippen molar-refractivity contribution in [3.8, 4) is 0 Å². The molecule has 1 aliphatic rings. The van der Waals surface area contributed by atoms with Crippen LogP contribution in [0, 0.1) is 0 Å². The summed E-state index contributed by atoms with van der Waals surface area (Å²) in [5.41, 5.74) is 0. The van der Waals surface area contributed by atoms with Crippen molar-refractivity contribution in [2.24, 2.45) is 0 Å². The molecule has 0 atom stereocenters. The Kier molecular flexibility index (Phi) is 4.56. The summed E-state index contributed by atoms with van der Waals surface area (Å²) >= 11 is 0. The number of halogens is 3. The fourth-order valence-electron chi connectivity index (χ4n) is 2.39. The second-order valence-electron chi connectivity index (χ2n) is 5.00. The third-order valence-corrected chi connectivity index (χ3v) is 3.45. The van der Waals surface area contributed by atoms with Gasteiger partial charge < -0.3 is 5.32 Å². The van der Waals surface area contributed by atoms with E-state index in [9.17, 15) is 18.0 Å². The molecule has 1 aliphatic carbocycles. The molecule has 0 aromatic carbocycles. The van der Waals surface area contributed by atoms with E-state index in [1.165, 1.54) is 0 Å². The highest BCUT2D eigenvalue weighted by Crippen LogP contribution is 2.30. The molecule has 6 nitrogen and oxygen atoms in total. The summed E-state index contributed by atoms with van der Waals surface area (Å²) in [6.07, 6.45) is -2.83. The average Bonchev–Trinajstić information content (AvgIpc) is 2.90. The van der Waals surface area contributed by atoms with Crippen LogP contribution in [0.4, 0.5) is 13.2 Å². The van der Waals surface area contributed by atoms with E-state index in [1.54, 1.807) is 0 Å². The number of rotatable bonds is 4. The van der Waals surface area contributed by atoms with Crippen LogP contribution in [0.1, 0.15) is 50.3 Å². The van der Waals surface area contributed by atoms with E-state index in [4.69, 9.17) is 0 Å². The van der Waals surface area contributed by atoms with Crippen LogP contribution in [0.5, 0.6) is 0 Å². The molecule has 1 amide bonds. The Balaban J connectivity index is 1.70. The maximum absolute atomic E-state index is 12.0. The summed E-state index contributed by atoms with van der Waals surface area (Å²) in [6.45, 7) is 0. The first-order valence-corrected chi connectivity index (χ1v) is 6.53. The average molecular weight is 291 g/mol. The van der Waals surface area contributed by atoms with Crippen LogP contribution in [-0.4, -0.2) is 38.7 Å². The molecule has 1 aromatic rings. The van der Waals surface area contributed by atoms with Crippen LogP contribution in [0.3, 0.4) is 0 Å². The van der Waals surface area contributed by atoms with Gasteiger partial charge in [-0.1, -0.05) is 5.21 Å². The van der Waals surface area contributed by atoms with Crippen LogP contribution >= 0.6 is 0 Å². The summed E-state index contributed by atoms with van der Waals surface area (Å²) in [5.74, 6) is 0.328. The van der Waals surface area contributed by atoms with Gasteiger partial charge in [0.15, 0.2) is 5.82 Å². The highest BCUT2D eigenvalue weighted by atomic mass is 19.4. The van der Waals surface area contributed by atoms with Crippen molar-refractivity contribution in [3.05, 3.63) is 5.82 Å². The molecule has 0 spiro atoms. The maximum atomic E-state index is 12.0. The molecule has 112 valence electrons. The molecule has 2 rings (SSSR count). The van der Waals surface area contributed by atoms with Crippen molar-refractivity contribution in [1.82, 2.24) is 25.9 Å². The summed E-state index contributed by atoms with van der Waals surface area (Å²) < 4.78 is 36.0. The first-order valence-electron chi connectivity index (χ1n) is 6.53. The van der Waals surface area contributed by atoms with Gasteiger partial charge in [0.05, 0.1) is 6.42 Å². The van der Waals surface area contributed by atoms with Crippen LogP contribution < -0.4 is 5.32 Å². The number of hydrogen-bond acceptors (Lipinski definition) is 4. The summed E-state index contributed by atoms with van der Waals surface area (Å²) in [5, 5.41) is 16.4. The molecule has 9 heteroatoms. The minimum Gasteiger partial charge on any atom is -0.353 e. The Morgan fingerprint density at radius 3 is 2.55 bits per heavy atom. The summed E-state index contributed by atoms with van der Waals surface area (Å²) in [7, 11) is 0. The molecule has 2 N–H and O–H groups in total. The number of amides is 1. The van der Waals surface area contributed by atoms with Crippen molar-refractivity contribution in [3.63, 3.8) is 0 Å². The van der Waals surface area contributed by atoms with E-state index < -0.39 is 24.9 Å². The van der Waals surface area contributed by atoms with E-state index >= 15 is 0 Å². The number of nitrogens with zero attached hydrogens (tertiary/aromatic N) is 3. The number of alkyl halides is 3. The van der Waals surface area contributed by atoms with Crippen molar-refractivity contribution >= 4 is 5.91 Å². The Morgan fingerprint density at radius 1 is 1.30 bits per heavy atom. The number of carbonyl (C=O) groups excluding carboxylic acids is 1. The monoisotopic (exact) mass is 291 g/mol. The van der Waals surface area contributed by atoms with Gasteiger partial charge in [-0.2, -0.15) is 18.4 Å². The van der Waals surface area contributed by atoms with Crippen molar-refractivity contribution in [2.75, 3.05) is 0 Å². The summed E-state index contributed by atoms with van der Waals surface area (Å²) in [4.78, 5) is 11.4. The fourth-order valence-corrected chi connectivity index (χ4v) is 2.39. The molecule has 1 saturated carbocycles. The van der Waals surface area contributed by atoms with Crippen molar-refractivity contribution < 1.29 is 18.0 Å². The van der Waals surface area contributed by atoms with E-state index in [1.807, 2.05) is 0 Å². The smallest absolute Gasteiger partial charge is 0.353 e. The first-order chi connectivity index (χ1) is 9.44. The summed E-state index contributed by atoms with van der Waals surface area (Å²) in [6, 6.07) is -0.0566. The van der Waals surface area contributed by atoms with E-state index in [0.717, 1.165) is 25.7 Å². The number of tetrazole rings is 1. The zero-order valence-corrected chi connectivity index (χ0v) is 10.8. The lowest BCUT2D eigenvalue weighted by atomic mass is 9.85. The lowest BCUT2D eigenvalue weighted by Crippen LogP contribution is -2.37. The van der Waals surface area contributed by atoms with E-state index in [-0.39, 0.29) is 12.0 Å². The number of hydrogen-bond donors (Lipinski definition) is 2. The van der Waals surface area contributed by atoms with Gasteiger partial charge in [0, 0.05) is 18.4 Å². The number of nitrogens with one attached hydrogen (secondary N) is 2. The Morgan fingerprint density at radius 2 is 2.00 bits per heavy atom. The lowest BCUT2D eigenvalue weighted by molar-refractivity contribution is -0.144. The quantitative estimate of drug-likeness (QED) is 0.884. The van der Waals surface area contributed by atoms with Crippen LogP contribution in [0.15, 0.2) is 0 Å². The Labute approximate surface area is 113 Å². The number of H-pyrrole nitrogens is 1. The van der Waals surface area contributed by atoms with Gasteiger partial charge in [-0.05, 0) is 25.7 Å². The minimum atomic E-state index is -4.28. The van der Waals surface area contributed by atoms with Gasteiger partial charge in [0.2, 0.25) is 5.91 Å². The topological polar surface area (TPSA) is 83.6 Å². The third-order valence-electron chi connectivity index (χ3n) is 3.45. The van der Waals surface area contributed by atoms with E-state index in [2.05, 4.69) is 25.9 Å². The first kappa shape index (κ1) is 14.7. The standard InChI is InChI=1S/C11H16F3N5O/c12-11(13,14)6-5-9(20)15-8-3-1-7(2-4-8)10-16-18-19-17-10/h7-8H,1-6H2,(H,15,20)(H,16,17,18,19). The number of aromatic amines is 1. The lowest BCUT2D eigenvalue weighted by Gasteiger charge is -2.27. The Hall–Kier alpha value is -1.67. The Bertz CT molecular complexity index is 426. The molecule has 20 heavy (non-hydrogen) atoms. The number of carbonyl (C=O) groups is 1. The number of aromatic nitrogens is 4. The van der Waals surface area contributed by atoms with Crippen LogP contribution in [0.2, 0.25) is 0 Å². The maximum Gasteiger partial charge on any atom is 0.389 e. The normalized spacial score (nSPS) is 23.6. The van der Waals surface area contributed by atoms with Gasteiger partial charge in [0.25, 0.3) is 0 Å². The highest BCUT2D eigenvalue weighted by Gasteiger charge is 2.29. The van der Waals surface area contributed by atoms with Crippen LogP contribution in [-0.2, 0) is 4.79 Å². The molecule has 1 fully saturated rings. The zero-order valence-electron chi connectivity index (χ0n) is 10.8. The van der Waals surface area contributed by atoms with Gasteiger partial charge in [-0.25, -0.2) is 0 Å². The minimum absolute atomic E-state index is 0.0566. The van der Waals surface area contributed by atoms with Gasteiger partial charge in [0.1, 0.15) is 0 Å². The van der Waals surface area contributed by atoms with Crippen LogP contribution in [0.25, 0.3) is 0 Å². The van der Waals surface area contributed by atoms with Gasteiger partial charge >= 0.3 is 6.18 Å². The van der Waals surface area contributed by atoms with Gasteiger partial charge in [-0.15, -0.1) is 10.2 Å². The SMILES string of the molecule is O=C(CCC(F)(F)F)NC1CCC(c2nn[nH]n2)CC1. The molecular weight excluding hydrogens is 275 g/mol. The molecule has 0 bridgehead atoms. The fraction of sp³-hybridized carbons (Fsp3) is 0.818. The molecular formula is C11H16F3N5O. The predicted octanol–water partition coefficient (Wildman–Crippen LogP) is 1.68. The predicted molar refractivity (Wildman–Crippen MR) is 62.6 cm³/mol. The highest BCUT2D eigenvalue weighted by molar-refractivity contribution is 5.76. The zero-order chi connectivity index (χ0) is 14.6. The van der Waals surface area contributed by atoms with Crippen molar-refractivity contribution in [1.29, 1.82) is 0 Å². The molecule has 0 aliphatic heterocycles. The largest absolute Gasteiger partial charge is 0.389 e. The second kappa shape index (κ2) is 6.19. The molecule has 0 saturated heterocycles. The molecule has 0 unspecified atom stereocenters.